The van der Waals surface area contributed by atoms with Gasteiger partial charge in [-0.15, -0.1) is 0 Å². The maximum atomic E-state index is 12.1. The Kier molecular flexibility index (Phi) is 5.46. The monoisotopic (exact) mass is 351 g/mol. The van der Waals surface area contributed by atoms with Crippen molar-refractivity contribution >= 4 is 17.7 Å². The molecule has 5 nitrogen and oxygen atoms in total. The van der Waals surface area contributed by atoms with E-state index in [1.54, 1.807) is 24.3 Å². The number of rotatable bonds is 6. The quantitative estimate of drug-likeness (QED) is 0.592. The van der Waals surface area contributed by atoms with Gasteiger partial charge in [0, 0.05) is 25.1 Å². The van der Waals surface area contributed by atoms with Crippen LogP contribution < -0.4 is 0 Å². The number of ether oxygens (including phenoxy) is 1. The summed E-state index contributed by atoms with van der Waals surface area (Å²) in [6, 6.07) is 14.1. The summed E-state index contributed by atoms with van der Waals surface area (Å²) in [5.41, 5.74) is 2.94. The second-order valence-electron chi connectivity index (χ2n) is 6.48. The molecule has 0 unspecified atom stereocenters. The molecule has 0 spiro atoms. The van der Waals surface area contributed by atoms with Crippen LogP contribution in [0.5, 0.6) is 0 Å². The molecule has 0 aromatic heterocycles. The maximum absolute atomic E-state index is 12.1. The average molecular weight is 351 g/mol. The molecule has 134 valence electrons. The summed E-state index contributed by atoms with van der Waals surface area (Å²) in [6.07, 6.45) is 1.51. The zero-order valence-corrected chi connectivity index (χ0v) is 14.7. The molecule has 1 amide bonds. The first-order valence-corrected chi connectivity index (χ1v) is 8.66. The lowest BCUT2D eigenvalue weighted by Gasteiger charge is -2.15. The minimum atomic E-state index is -0.533. The van der Waals surface area contributed by atoms with Crippen LogP contribution in [0.2, 0.25) is 0 Å². The van der Waals surface area contributed by atoms with Crippen molar-refractivity contribution in [2.75, 3.05) is 13.2 Å². The Morgan fingerprint density at radius 3 is 2.27 bits per heavy atom. The molecule has 0 N–H and O–H groups in total. The normalized spacial score (nSPS) is 13.7. The Morgan fingerprint density at radius 1 is 1.00 bits per heavy atom. The Bertz CT molecular complexity index is 809. The van der Waals surface area contributed by atoms with Gasteiger partial charge in [0.1, 0.15) is 0 Å². The third kappa shape index (κ3) is 4.36. The standard InChI is InChI=1S/C21H21NO4/c1-15-4-8-17(9-5-15)19(23)14-26-21(25)18-10-6-16(7-11-18)13-22-12-2-3-20(22)24/h4-11H,2-3,12-14H2,1H3. The number of likely N-dealkylation sites (tertiary alicyclic amines) is 1. The summed E-state index contributed by atoms with van der Waals surface area (Å²) in [7, 11) is 0. The van der Waals surface area contributed by atoms with Crippen LogP contribution in [-0.2, 0) is 16.1 Å². The minimum absolute atomic E-state index is 0.170. The van der Waals surface area contributed by atoms with Crippen LogP contribution in [0.4, 0.5) is 0 Å². The molecule has 0 saturated carbocycles. The summed E-state index contributed by atoms with van der Waals surface area (Å²) in [5, 5.41) is 0. The SMILES string of the molecule is Cc1ccc(C(=O)COC(=O)c2ccc(CN3CCCC3=O)cc2)cc1. The zero-order valence-electron chi connectivity index (χ0n) is 14.7. The van der Waals surface area contributed by atoms with Crippen molar-refractivity contribution in [3.63, 3.8) is 0 Å². The molecule has 2 aromatic rings. The third-order valence-electron chi connectivity index (χ3n) is 4.44. The maximum Gasteiger partial charge on any atom is 0.338 e. The molecule has 5 heteroatoms. The molecule has 0 radical (unpaired) electrons. The van der Waals surface area contributed by atoms with Crippen molar-refractivity contribution < 1.29 is 19.1 Å². The molecular weight excluding hydrogens is 330 g/mol. The number of nitrogens with zero attached hydrogens (tertiary/aromatic N) is 1. The Balaban J connectivity index is 1.53. The smallest absolute Gasteiger partial charge is 0.338 e. The van der Waals surface area contributed by atoms with Crippen molar-refractivity contribution in [1.82, 2.24) is 4.90 Å². The van der Waals surface area contributed by atoms with Gasteiger partial charge in [-0.05, 0) is 31.0 Å². The summed E-state index contributed by atoms with van der Waals surface area (Å²) in [5.74, 6) is -0.597. The summed E-state index contributed by atoms with van der Waals surface area (Å²) < 4.78 is 5.11. The second kappa shape index (κ2) is 7.95. The fraction of sp³-hybridized carbons (Fsp3) is 0.286. The largest absolute Gasteiger partial charge is 0.454 e. The highest BCUT2D eigenvalue weighted by Crippen LogP contribution is 2.15. The first kappa shape index (κ1) is 17.9. The van der Waals surface area contributed by atoms with E-state index < -0.39 is 5.97 Å². The molecule has 1 aliphatic heterocycles. The summed E-state index contributed by atoms with van der Waals surface area (Å²) >= 11 is 0. The number of hydrogen-bond acceptors (Lipinski definition) is 4. The van der Waals surface area contributed by atoms with Crippen LogP contribution in [0, 0.1) is 6.92 Å². The van der Waals surface area contributed by atoms with E-state index in [1.807, 2.05) is 36.1 Å². The molecule has 26 heavy (non-hydrogen) atoms. The van der Waals surface area contributed by atoms with Crippen LogP contribution in [0.1, 0.15) is 44.7 Å². The van der Waals surface area contributed by atoms with Crippen LogP contribution in [0.3, 0.4) is 0 Å². The topological polar surface area (TPSA) is 63.7 Å². The fourth-order valence-electron chi connectivity index (χ4n) is 2.88. The first-order chi connectivity index (χ1) is 12.5. The molecule has 1 aliphatic rings. The van der Waals surface area contributed by atoms with Gasteiger partial charge >= 0.3 is 5.97 Å². The van der Waals surface area contributed by atoms with Crippen LogP contribution in [0.15, 0.2) is 48.5 Å². The predicted molar refractivity (Wildman–Crippen MR) is 96.9 cm³/mol. The predicted octanol–water partition coefficient (Wildman–Crippen LogP) is 3.16. The number of ketones is 1. The molecule has 1 fully saturated rings. The van der Waals surface area contributed by atoms with E-state index in [1.165, 1.54) is 0 Å². The van der Waals surface area contributed by atoms with E-state index in [0.29, 0.717) is 24.1 Å². The van der Waals surface area contributed by atoms with Gasteiger partial charge in [-0.2, -0.15) is 0 Å². The molecule has 3 rings (SSSR count). The van der Waals surface area contributed by atoms with Gasteiger partial charge in [0.25, 0.3) is 0 Å². The molecule has 2 aromatic carbocycles. The lowest BCUT2D eigenvalue weighted by atomic mass is 10.1. The van der Waals surface area contributed by atoms with Gasteiger partial charge in [0.05, 0.1) is 5.56 Å². The average Bonchev–Trinajstić information content (AvgIpc) is 3.05. The third-order valence-corrected chi connectivity index (χ3v) is 4.44. The number of carbonyl (C=O) groups excluding carboxylic acids is 3. The van der Waals surface area contributed by atoms with E-state index in [0.717, 1.165) is 24.1 Å². The molecule has 0 bridgehead atoms. The van der Waals surface area contributed by atoms with Crippen LogP contribution >= 0.6 is 0 Å². The summed E-state index contributed by atoms with van der Waals surface area (Å²) in [4.78, 5) is 37.6. The van der Waals surface area contributed by atoms with Crippen molar-refractivity contribution in [3.8, 4) is 0 Å². The molecule has 0 aliphatic carbocycles. The Hall–Kier alpha value is -2.95. The van der Waals surface area contributed by atoms with Crippen LogP contribution in [-0.4, -0.2) is 35.7 Å². The Labute approximate surface area is 152 Å². The fourth-order valence-corrected chi connectivity index (χ4v) is 2.88. The second-order valence-corrected chi connectivity index (χ2v) is 6.48. The van der Waals surface area contributed by atoms with Crippen molar-refractivity contribution in [2.45, 2.75) is 26.3 Å². The van der Waals surface area contributed by atoms with Gasteiger partial charge in [0.15, 0.2) is 12.4 Å². The lowest BCUT2D eigenvalue weighted by Crippen LogP contribution is -2.23. The van der Waals surface area contributed by atoms with E-state index in [2.05, 4.69) is 0 Å². The molecule has 1 saturated heterocycles. The molecule has 1 heterocycles. The van der Waals surface area contributed by atoms with E-state index >= 15 is 0 Å². The summed E-state index contributed by atoms with van der Waals surface area (Å²) in [6.45, 7) is 2.99. The minimum Gasteiger partial charge on any atom is -0.454 e. The number of hydrogen-bond donors (Lipinski definition) is 0. The number of esters is 1. The highest BCUT2D eigenvalue weighted by Gasteiger charge is 2.20. The molecular formula is C21H21NO4. The van der Waals surface area contributed by atoms with Gasteiger partial charge < -0.3 is 9.64 Å². The highest BCUT2D eigenvalue weighted by atomic mass is 16.5. The van der Waals surface area contributed by atoms with Gasteiger partial charge in [0.2, 0.25) is 5.91 Å². The van der Waals surface area contributed by atoms with Crippen molar-refractivity contribution in [3.05, 3.63) is 70.8 Å². The van der Waals surface area contributed by atoms with Gasteiger partial charge in [-0.3, -0.25) is 9.59 Å². The lowest BCUT2D eigenvalue weighted by molar-refractivity contribution is -0.128. The van der Waals surface area contributed by atoms with E-state index in [9.17, 15) is 14.4 Å². The van der Waals surface area contributed by atoms with Crippen LogP contribution in [0.25, 0.3) is 0 Å². The van der Waals surface area contributed by atoms with E-state index in [-0.39, 0.29) is 18.3 Å². The van der Waals surface area contributed by atoms with Gasteiger partial charge in [-0.1, -0.05) is 42.0 Å². The van der Waals surface area contributed by atoms with E-state index in [4.69, 9.17) is 4.74 Å². The number of benzene rings is 2. The molecule has 0 atom stereocenters. The number of Topliss-reactive ketones (excluding diaryl/α,β-unsaturated/α-hetero) is 1. The highest BCUT2D eigenvalue weighted by molar-refractivity contribution is 5.99. The van der Waals surface area contributed by atoms with Gasteiger partial charge in [-0.25, -0.2) is 4.79 Å². The zero-order chi connectivity index (χ0) is 18.5. The Morgan fingerprint density at radius 2 is 1.65 bits per heavy atom. The van der Waals surface area contributed by atoms with Crippen molar-refractivity contribution in [1.29, 1.82) is 0 Å². The first-order valence-electron chi connectivity index (χ1n) is 8.66. The number of aryl methyl sites for hydroxylation is 1. The number of amides is 1. The van der Waals surface area contributed by atoms with Crippen molar-refractivity contribution in [2.24, 2.45) is 0 Å². The number of carbonyl (C=O) groups is 3.